The topological polar surface area (TPSA) is 33.6 Å². The van der Waals surface area contributed by atoms with Crippen molar-refractivity contribution in [3.63, 3.8) is 0 Å². The van der Waals surface area contributed by atoms with Gasteiger partial charge in [0.2, 0.25) is 0 Å². The Hall–Kier alpha value is -0.930. The van der Waals surface area contributed by atoms with Crippen LogP contribution in [0.5, 0.6) is 0 Å². The van der Waals surface area contributed by atoms with Gasteiger partial charge in [-0.2, -0.15) is 0 Å². The van der Waals surface area contributed by atoms with Crippen LogP contribution in [0.2, 0.25) is 10.0 Å². The van der Waals surface area contributed by atoms with Crippen LogP contribution in [-0.2, 0) is 4.74 Å². The summed E-state index contributed by atoms with van der Waals surface area (Å²) in [5.41, 5.74) is 0.781. The molecule has 0 fully saturated rings. The van der Waals surface area contributed by atoms with Gasteiger partial charge in [0.1, 0.15) is 6.61 Å². The molecule has 0 unspecified atom stereocenters. The first-order chi connectivity index (χ1) is 6.74. The van der Waals surface area contributed by atoms with Crippen LogP contribution in [-0.4, -0.2) is 19.2 Å². The Kier molecular flexibility index (Phi) is 2.79. The average molecular weight is 231 g/mol. The van der Waals surface area contributed by atoms with Gasteiger partial charge in [0.15, 0.2) is 0 Å². The molecule has 0 aliphatic carbocycles. The number of nitrogens with zero attached hydrogens (tertiary/aromatic N) is 1. The van der Waals surface area contributed by atoms with Gasteiger partial charge in [0.25, 0.3) is 6.02 Å². The van der Waals surface area contributed by atoms with E-state index in [2.05, 4.69) is 10.3 Å². The molecule has 0 saturated heterocycles. The number of benzene rings is 1. The zero-order chi connectivity index (χ0) is 9.97. The molecule has 0 radical (unpaired) electrons. The predicted octanol–water partition coefficient (Wildman–Crippen LogP) is 2.79. The molecule has 74 valence electrons. The normalized spacial score (nSPS) is 14.9. The number of rotatable bonds is 1. The van der Waals surface area contributed by atoms with Gasteiger partial charge in [0, 0.05) is 15.7 Å². The van der Waals surface area contributed by atoms with E-state index in [0.29, 0.717) is 29.2 Å². The van der Waals surface area contributed by atoms with Crippen molar-refractivity contribution in [3.05, 3.63) is 28.2 Å². The number of aliphatic imine (C=N–C) groups is 1. The highest BCUT2D eigenvalue weighted by Crippen LogP contribution is 2.22. The summed E-state index contributed by atoms with van der Waals surface area (Å²) in [5.74, 6) is 0. The van der Waals surface area contributed by atoms with E-state index < -0.39 is 0 Å². The maximum atomic E-state index is 5.83. The van der Waals surface area contributed by atoms with Gasteiger partial charge in [-0.1, -0.05) is 23.2 Å². The van der Waals surface area contributed by atoms with Gasteiger partial charge < -0.3 is 10.1 Å². The molecular weight excluding hydrogens is 223 g/mol. The summed E-state index contributed by atoms with van der Waals surface area (Å²) < 4.78 is 5.19. The van der Waals surface area contributed by atoms with Gasteiger partial charge >= 0.3 is 0 Å². The second-order valence-corrected chi connectivity index (χ2v) is 3.69. The highest BCUT2D eigenvalue weighted by atomic mass is 35.5. The molecule has 0 aromatic heterocycles. The fraction of sp³-hybridized carbons (Fsp3) is 0.222. The Morgan fingerprint density at radius 3 is 2.50 bits per heavy atom. The van der Waals surface area contributed by atoms with Crippen molar-refractivity contribution < 1.29 is 4.74 Å². The Bertz CT molecular complexity index is 359. The molecule has 3 nitrogen and oxygen atoms in total. The smallest absolute Gasteiger partial charge is 0.289 e. The van der Waals surface area contributed by atoms with Gasteiger partial charge in [0.05, 0.1) is 6.54 Å². The second-order valence-electron chi connectivity index (χ2n) is 2.82. The second kappa shape index (κ2) is 4.07. The predicted molar refractivity (Wildman–Crippen MR) is 58.3 cm³/mol. The van der Waals surface area contributed by atoms with Crippen LogP contribution in [0.25, 0.3) is 0 Å². The van der Waals surface area contributed by atoms with Gasteiger partial charge in [-0.15, -0.1) is 0 Å². The zero-order valence-corrected chi connectivity index (χ0v) is 8.77. The van der Waals surface area contributed by atoms with Crippen molar-refractivity contribution in [2.45, 2.75) is 0 Å². The number of anilines is 1. The first kappa shape index (κ1) is 9.62. The van der Waals surface area contributed by atoms with Gasteiger partial charge in [-0.3, -0.25) is 0 Å². The van der Waals surface area contributed by atoms with Crippen LogP contribution < -0.4 is 5.32 Å². The molecule has 0 amide bonds. The van der Waals surface area contributed by atoms with E-state index in [4.69, 9.17) is 27.9 Å². The third-order valence-corrected chi connectivity index (χ3v) is 2.14. The molecule has 1 N–H and O–H groups in total. The minimum absolute atomic E-state index is 0.517. The Morgan fingerprint density at radius 1 is 1.21 bits per heavy atom. The fourth-order valence-electron chi connectivity index (χ4n) is 1.16. The Labute approximate surface area is 91.7 Å². The van der Waals surface area contributed by atoms with E-state index in [9.17, 15) is 0 Å². The lowest BCUT2D eigenvalue weighted by Gasteiger charge is -2.06. The molecule has 5 heteroatoms. The molecule has 0 spiro atoms. The van der Waals surface area contributed by atoms with Crippen LogP contribution in [0.4, 0.5) is 5.69 Å². The summed E-state index contributed by atoms with van der Waals surface area (Å²) in [6.45, 7) is 1.31. The first-order valence-electron chi connectivity index (χ1n) is 4.14. The quantitative estimate of drug-likeness (QED) is 0.806. The Balaban J connectivity index is 2.15. The SMILES string of the molecule is Clc1cc(Cl)cc(NC2=NCCO2)c1. The molecule has 0 saturated carbocycles. The van der Waals surface area contributed by atoms with E-state index >= 15 is 0 Å². The summed E-state index contributed by atoms with van der Waals surface area (Å²) in [5, 5.41) is 4.15. The van der Waals surface area contributed by atoms with E-state index in [1.165, 1.54) is 0 Å². The summed E-state index contributed by atoms with van der Waals surface area (Å²) in [6.07, 6.45) is 0. The molecule has 0 bridgehead atoms. The number of ether oxygens (including phenoxy) is 1. The Morgan fingerprint density at radius 2 is 1.93 bits per heavy atom. The molecule has 1 aliphatic rings. The van der Waals surface area contributed by atoms with Crippen molar-refractivity contribution >= 4 is 34.9 Å². The van der Waals surface area contributed by atoms with Crippen LogP contribution in [0.3, 0.4) is 0 Å². The van der Waals surface area contributed by atoms with Crippen LogP contribution in [0, 0.1) is 0 Å². The third kappa shape index (κ3) is 2.30. The van der Waals surface area contributed by atoms with Gasteiger partial charge in [-0.05, 0) is 18.2 Å². The fourth-order valence-corrected chi connectivity index (χ4v) is 1.69. The third-order valence-electron chi connectivity index (χ3n) is 1.70. The number of amidine groups is 1. The van der Waals surface area contributed by atoms with Gasteiger partial charge in [-0.25, -0.2) is 4.99 Å². The number of halogens is 2. The number of nitrogens with one attached hydrogen (secondary N) is 1. The lowest BCUT2D eigenvalue weighted by Crippen LogP contribution is -2.11. The van der Waals surface area contributed by atoms with E-state index in [1.807, 2.05) is 0 Å². The highest BCUT2D eigenvalue weighted by molar-refractivity contribution is 6.35. The number of hydrogen-bond acceptors (Lipinski definition) is 3. The first-order valence-corrected chi connectivity index (χ1v) is 4.90. The molecule has 0 atom stereocenters. The molecular formula is C9H8Cl2N2O. The lowest BCUT2D eigenvalue weighted by atomic mass is 10.3. The lowest BCUT2D eigenvalue weighted by molar-refractivity contribution is 0.346. The minimum Gasteiger partial charge on any atom is -0.463 e. The number of hydrogen-bond donors (Lipinski definition) is 1. The van der Waals surface area contributed by atoms with Crippen LogP contribution >= 0.6 is 23.2 Å². The largest absolute Gasteiger partial charge is 0.463 e. The molecule has 14 heavy (non-hydrogen) atoms. The van der Waals surface area contributed by atoms with E-state index in [-0.39, 0.29) is 0 Å². The molecule has 2 rings (SSSR count). The maximum absolute atomic E-state index is 5.83. The van der Waals surface area contributed by atoms with E-state index in [1.54, 1.807) is 18.2 Å². The molecule has 1 aliphatic heterocycles. The van der Waals surface area contributed by atoms with Crippen molar-refractivity contribution in [1.82, 2.24) is 0 Å². The van der Waals surface area contributed by atoms with Crippen molar-refractivity contribution in [1.29, 1.82) is 0 Å². The van der Waals surface area contributed by atoms with Crippen molar-refractivity contribution in [2.75, 3.05) is 18.5 Å². The van der Waals surface area contributed by atoms with Crippen LogP contribution in [0.15, 0.2) is 23.2 Å². The molecule has 1 heterocycles. The summed E-state index contributed by atoms with van der Waals surface area (Å²) >= 11 is 11.7. The summed E-state index contributed by atoms with van der Waals surface area (Å²) in [4.78, 5) is 4.09. The zero-order valence-electron chi connectivity index (χ0n) is 7.26. The molecule has 1 aromatic rings. The maximum Gasteiger partial charge on any atom is 0.289 e. The minimum atomic E-state index is 0.517. The van der Waals surface area contributed by atoms with Crippen molar-refractivity contribution in [2.24, 2.45) is 4.99 Å². The monoisotopic (exact) mass is 230 g/mol. The standard InChI is InChI=1S/C9H8Cl2N2O/c10-6-3-7(11)5-8(4-6)13-9-12-1-2-14-9/h3-5H,1-2H2,(H,12,13). The summed E-state index contributed by atoms with van der Waals surface area (Å²) in [6, 6.07) is 5.71. The van der Waals surface area contributed by atoms with Crippen molar-refractivity contribution in [3.8, 4) is 0 Å². The molecule has 1 aromatic carbocycles. The average Bonchev–Trinajstić information content (AvgIpc) is 2.54. The summed E-state index contributed by atoms with van der Waals surface area (Å²) in [7, 11) is 0. The van der Waals surface area contributed by atoms with E-state index in [0.717, 1.165) is 5.69 Å². The van der Waals surface area contributed by atoms with Crippen LogP contribution in [0.1, 0.15) is 0 Å². The highest BCUT2D eigenvalue weighted by Gasteiger charge is 2.07.